The fraction of sp³-hybridized carbons (Fsp3) is 0.643. The van der Waals surface area contributed by atoms with E-state index in [4.69, 9.17) is 4.74 Å². The van der Waals surface area contributed by atoms with Crippen LogP contribution < -0.4 is 0 Å². The molecule has 7 heteroatoms. The summed E-state index contributed by atoms with van der Waals surface area (Å²) in [5.41, 5.74) is 1.22. The highest BCUT2D eigenvalue weighted by Crippen LogP contribution is 2.30. The summed E-state index contributed by atoms with van der Waals surface area (Å²) in [6, 6.07) is 2.34. The zero-order valence-corrected chi connectivity index (χ0v) is 12.6. The van der Waals surface area contributed by atoms with Crippen LogP contribution in [0.15, 0.2) is 12.3 Å². The van der Waals surface area contributed by atoms with Crippen molar-refractivity contribution in [2.45, 2.75) is 38.5 Å². The largest absolute Gasteiger partial charge is 0.377 e. The molecule has 3 rings (SSSR count). The number of likely N-dealkylation sites (tertiary alicyclic amines) is 1. The Bertz CT molecular complexity index is 578. The van der Waals surface area contributed by atoms with Crippen molar-refractivity contribution >= 4 is 0 Å². The van der Waals surface area contributed by atoms with Crippen LogP contribution >= 0.6 is 0 Å². The Morgan fingerprint density at radius 2 is 2.33 bits per heavy atom. The molecule has 2 aromatic rings. The van der Waals surface area contributed by atoms with Crippen LogP contribution in [0.2, 0.25) is 0 Å². The highest BCUT2D eigenvalue weighted by atomic mass is 16.5. The molecular weight excluding hydrogens is 268 g/mol. The molecule has 7 nitrogen and oxygen atoms in total. The standard InChI is InChI=1S/C14H22N6O/c1-19-11(6-7-15-19)9-20-8-4-3-5-12(20)14-16-13(10-21-2)17-18-14/h6-7,12H,3-5,8-10H2,1-2H3,(H,16,17,18). The first kappa shape index (κ1) is 14.2. The maximum atomic E-state index is 5.10. The molecule has 1 N–H and O–H groups in total. The minimum Gasteiger partial charge on any atom is -0.377 e. The van der Waals surface area contributed by atoms with Crippen LogP contribution in [-0.4, -0.2) is 43.5 Å². The smallest absolute Gasteiger partial charge is 0.167 e. The second-order valence-electron chi connectivity index (χ2n) is 5.50. The van der Waals surface area contributed by atoms with Gasteiger partial charge in [-0.25, -0.2) is 4.98 Å². The molecule has 114 valence electrons. The molecule has 1 atom stereocenters. The first-order chi connectivity index (χ1) is 10.3. The maximum absolute atomic E-state index is 5.10. The molecule has 1 aliphatic heterocycles. The van der Waals surface area contributed by atoms with Gasteiger partial charge in [0.15, 0.2) is 11.6 Å². The zero-order chi connectivity index (χ0) is 14.7. The van der Waals surface area contributed by atoms with E-state index in [1.54, 1.807) is 7.11 Å². The Morgan fingerprint density at radius 1 is 1.43 bits per heavy atom. The van der Waals surface area contributed by atoms with Crippen molar-refractivity contribution in [1.82, 2.24) is 29.9 Å². The monoisotopic (exact) mass is 290 g/mol. The third-order valence-electron chi connectivity index (χ3n) is 4.03. The number of piperidine rings is 1. The van der Waals surface area contributed by atoms with Gasteiger partial charge in [0.1, 0.15) is 6.61 Å². The Kier molecular flexibility index (Phi) is 4.31. The molecule has 0 amide bonds. The third kappa shape index (κ3) is 3.14. The second kappa shape index (κ2) is 6.36. The van der Waals surface area contributed by atoms with Gasteiger partial charge in [0.05, 0.1) is 11.7 Å². The van der Waals surface area contributed by atoms with E-state index in [0.29, 0.717) is 6.61 Å². The van der Waals surface area contributed by atoms with Crippen LogP contribution in [0.1, 0.15) is 42.6 Å². The van der Waals surface area contributed by atoms with Gasteiger partial charge in [-0.05, 0) is 25.5 Å². The number of methoxy groups -OCH3 is 1. The van der Waals surface area contributed by atoms with Gasteiger partial charge in [0.2, 0.25) is 0 Å². The molecule has 0 bridgehead atoms. The first-order valence-electron chi connectivity index (χ1n) is 7.39. The average Bonchev–Trinajstić information content (AvgIpc) is 3.10. The minimum atomic E-state index is 0.274. The number of nitrogens with one attached hydrogen (secondary N) is 1. The molecule has 0 saturated carbocycles. The Morgan fingerprint density at radius 3 is 3.10 bits per heavy atom. The summed E-state index contributed by atoms with van der Waals surface area (Å²) in [6.45, 7) is 2.43. The maximum Gasteiger partial charge on any atom is 0.167 e. The molecule has 1 unspecified atom stereocenters. The van der Waals surface area contributed by atoms with Gasteiger partial charge in [0.25, 0.3) is 0 Å². The number of aromatic nitrogens is 5. The topological polar surface area (TPSA) is 71.9 Å². The Balaban J connectivity index is 1.75. The van der Waals surface area contributed by atoms with Crippen LogP contribution in [0.4, 0.5) is 0 Å². The van der Waals surface area contributed by atoms with Crippen molar-refractivity contribution in [3.05, 3.63) is 29.6 Å². The van der Waals surface area contributed by atoms with Crippen molar-refractivity contribution in [1.29, 1.82) is 0 Å². The van der Waals surface area contributed by atoms with E-state index in [2.05, 4.69) is 31.2 Å². The molecule has 0 radical (unpaired) electrons. The van der Waals surface area contributed by atoms with Crippen molar-refractivity contribution in [2.24, 2.45) is 7.05 Å². The number of rotatable bonds is 5. The van der Waals surface area contributed by atoms with Gasteiger partial charge in [-0.15, -0.1) is 0 Å². The fourth-order valence-corrected chi connectivity index (χ4v) is 2.90. The van der Waals surface area contributed by atoms with E-state index in [0.717, 1.165) is 31.2 Å². The number of H-pyrrole nitrogens is 1. The lowest BCUT2D eigenvalue weighted by molar-refractivity contribution is 0.130. The predicted molar refractivity (Wildman–Crippen MR) is 77.3 cm³/mol. The quantitative estimate of drug-likeness (QED) is 0.901. The normalized spacial score (nSPS) is 20.0. The van der Waals surface area contributed by atoms with Gasteiger partial charge in [-0.3, -0.25) is 14.7 Å². The molecule has 1 aliphatic rings. The highest BCUT2D eigenvalue weighted by Gasteiger charge is 2.27. The van der Waals surface area contributed by atoms with Gasteiger partial charge < -0.3 is 4.74 Å². The summed E-state index contributed by atoms with van der Waals surface area (Å²) in [6.07, 6.45) is 5.39. The van der Waals surface area contributed by atoms with Crippen molar-refractivity contribution < 1.29 is 4.74 Å². The summed E-state index contributed by atoms with van der Waals surface area (Å²) < 4.78 is 7.03. The molecule has 0 aliphatic carbocycles. The number of nitrogens with zero attached hydrogens (tertiary/aromatic N) is 5. The van der Waals surface area contributed by atoms with Gasteiger partial charge in [-0.1, -0.05) is 6.42 Å². The average molecular weight is 290 g/mol. The molecule has 21 heavy (non-hydrogen) atoms. The minimum absolute atomic E-state index is 0.274. The van der Waals surface area contributed by atoms with Crippen LogP contribution in [0, 0.1) is 0 Å². The number of aryl methyl sites for hydroxylation is 1. The molecule has 3 heterocycles. The van der Waals surface area contributed by atoms with Crippen LogP contribution in [0.25, 0.3) is 0 Å². The van der Waals surface area contributed by atoms with E-state index in [-0.39, 0.29) is 6.04 Å². The van der Waals surface area contributed by atoms with Crippen LogP contribution in [0.5, 0.6) is 0 Å². The summed E-state index contributed by atoms with van der Waals surface area (Å²) in [5, 5.41) is 11.6. The van der Waals surface area contributed by atoms with Crippen molar-refractivity contribution in [3.63, 3.8) is 0 Å². The summed E-state index contributed by atoms with van der Waals surface area (Å²) in [4.78, 5) is 7.01. The van der Waals surface area contributed by atoms with Crippen LogP contribution in [-0.2, 0) is 24.9 Å². The second-order valence-corrected chi connectivity index (χ2v) is 5.50. The Labute approximate surface area is 124 Å². The summed E-state index contributed by atoms with van der Waals surface area (Å²) in [7, 11) is 3.65. The SMILES string of the molecule is COCc1nc(C2CCCCN2Cc2ccnn2C)n[nH]1. The molecule has 0 spiro atoms. The lowest BCUT2D eigenvalue weighted by atomic mass is 10.0. The van der Waals surface area contributed by atoms with Gasteiger partial charge in [0, 0.05) is 26.9 Å². The first-order valence-corrected chi connectivity index (χ1v) is 7.39. The molecule has 0 aromatic carbocycles. The molecule has 1 fully saturated rings. The third-order valence-corrected chi connectivity index (χ3v) is 4.03. The van der Waals surface area contributed by atoms with E-state index < -0.39 is 0 Å². The van der Waals surface area contributed by atoms with Gasteiger partial charge in [-0.2, -0.15) is 10.2 Å². The van der Waals surface area contributed by atoms with Crippen molar-refractivity contribution in [3.8, 4) is 0 Å². The number of hydrogen-bond donors (Lipinski definition) is 1. The fourth-order valence-electron chi connectivity index (χ4n) is 2.90. The highest BCUT2D eigenvalue weighted by molar-refractivity contribution is 5.04. The lowest BCUT2D eigenvalue weighted by Gasteiger charge is -2.33. The Hall–Kier alpha value is -1.73. The van der Waals surface area contributed by atoms with Crippen molar-refractivity contribution in [2.75, 3.05) is 13.7 Å². The number of hydrogen-bond acceptors (Lipinski definition) is 5. The van der Waals surface area contributed by atoms with E-state index in [1.807, 2.05) is 17.9 Å². The van der Waals surface area contributed by atoms with Gasteiger partial charge >= 0.3 is 0 Å². The number of aromatic amines is 1. The zero-order valence-electron chi connectivity index (χ0n) is 12.6. The summed E-state index contributed by atoms with van der Waals surface area (Å²) in [5.74, 6) is 1.67. The number of ether oxygens (including phenoxy) is 1. The van der Waals surface area contributed by atoms with E-state index >= 15 is 0 Å². The van der Waals surface area contributed by atoms with E-state index in [1.165, 1.54) is 18.5 Å². The van der Waals surface area contributed by atoms with Crippen LogP contribution in [0.3, 0.4) is 0 Å². The molecular formula is C14H22N6O. The van der Waals surface area contributed by atoms with E-state index in [9.17, 15) is 0 Å². The predicted octanol–water partition coefficient (Wildman–Crippen LogP) is 1.41. The summed E-state index contributed by atoms with van der Waals surface area (Å²) >= 11 is 0. The molecule has 1 saturated heterocycles. The molecule has 2 aromatic heterocycles. The lowest BCUT2D eigenvalue weighted by Crippen LogP contribution is -2.34.